The molecule has 0 radical (unpaired) electrons. The molecule has 0 aliphatic carbocycles. The van der Waals surface area contributed by atoms with Crippen LogP contribution in [0.25, 0.3) is 0 Å². The average molecular weight is 561 g/mol. The van der Waals surface area contributed by atoms with E-state index in [2.05, 4.69) is 39.4 Å². The third-order valence-corrected chi connectivity index (χ3v) is 6.02. The smallest absolute Gasteiger partial charge is 0.240 e. The molecule has 3 N–H and O–H groups in total. The minimum absolute atomic E-state index is 0. The minimum Gasteiger partial charge on any atom is -0.383 e. The monoisotopic (exact) mass is 560 g/mol. The predicted octanol–water partition coefficient (Wildman–Crippen LogP) is 3.09. The molecule has 0 amide bonds. The fraction of sp³-hybridized carbons (Fsp3) is 0.409. The summed E-state index contributed by atoms with van der Waals surface area (Å²) in [6, 6.07) is 17.1. The quantitative estimate of drug-likeness (QED) is 0.170. The number of benzene rings is 2. The fourth-order valence-electron chi connectivity index (χ4n) is 2.80. The molecule has 2 aromatic rings. The van der Waals surface area contributed by atoms with Gasteiger partial charge in [-0.2, -0.15) is 0 Å². The molecule has 0 saturated carbocycles. The molecule has 2 rings (SSSR count). The third kappa shape index (κ3) is 9.55. The van der Waals surface area contributed by atoms with Crippen LogP contribution in [-0.4, -0.2) is 47.7 Å². The number of methoxy groups -OCH3 is 1. The molecule has 0 aromatic heterocycles. The van der Waals surface area contributed by atoms with E-state index in [-0.39, 0.29) is 35.4 Å². The fourth-order valence-corrected chi connectivity index (χ4v) is 3.81. The Morgan fingerprint density at radius 2 is 1.74 bits per heavy atom. The van der Waals surface area contributed by atoms with Gasteiger partial charge in [0.2, 0.25) is 10.0 Å². The summed E-state index contributed by atoms with van der Waals surface area (Å²) in [6.07, 6.45) is 0. The summed E-state index contributed by atoms with van der Waals surface area (Å²) in [5.74, 6) is 1.09. The number of sulfonamides is 1. The van der Waals surface area contributed by atoms with Crippen LogP contribution in [0.4, 0.5) is 0 Å². The maximum atomic E-state index is 12.2. The molecular formula is C22H33IN4O3S. The minimum atomic E-state index is -3.52. The maximum Gasteiger partial charge on any atom is 0.240 e. The van der Waals surface area contributed by atoms with Crippen LogP contribution >= 0.6 is 24.0 Å². The van der Waals surface area contributed by atoms with Crippen LogP contribution in [0.2, 0.25) is 0 Å². The molecule has 7 nitrogen and oxygen atoms in total. The molecule has 0 spiro atoms. The second-order valence-corrected chi connectivity index (χ2v) is 8.69. The Hall–Kier alpha value is -1.69. The van der Waals surface area contributed by atoms with Gasteiger partial charge in [-0.05, 0) is 36.1 Å². The summed E-state index contributed by atoms with van der Waals surface area (Å²) in [5.41, 5.74) is 2.20. The molecule has 2 aromatic carbocycles. The van der Waals surface area contributed by atoms with E-state index in [4.69, 9.17) is 4.74 Å². The van der Waals surface area contributed by atoms with Gasteiger partial charge in [-0.1, -0.05) is 49.4 Å². The number of nitrogens with zero attached hydrogens (tertiary/aromatic N) is 1. The molecule has 0 saturated heterocycles. The maximum absolute atomic E-state index is 12.2. The number of rotatable bonds is 11. The standard InChI is InChI=1S/C22H32N4O3S.HI/c1-4-23-22(24-16-18(2)20-8-6-5-7-9-20)25-17-19-10-12-21(13-11-19)30(27,28)26-14-15-29-3;/h5-13,18,26H,4,14-17H2,1-3H3,(H2,23,24,25);1H. The summed E-state index contributed by atoms with van der Waals surface area (Å²) in [5, 5.41) is 6.62. The summed E-state index contributed by atoms with van der Waals surface area (Å²) in [7, 11) is -1.99. The van der Waals surface area contributed by atoms with Crippen molar-refractivity contribution in [1.29, 1.82) is 0 Å². The SMILES string of the molecule is CCNC(=NCc1ccc(S(=O)(=O)NCCOC)cc1)NCC(C)c1ccccc1.I. The highest BCUT2D eigenvalue weighted by Crippen LogP contribution is 2.13. The molecule has 0 aliphatic rings. The van der Waals surface area contributed by atoms with Crippen LogP contribution in [0.1, 0.15) is 30.9 Å². The van der Waals surface area contributed by atoms with Crippen LogP contribution in [0.3, 0.4) is 0 Å². The normalized spacial score (nSPS) is 12.7. The van der Waals surface area contributed by atoms with Gasteiger partial charge in [0.1, 0.15) is 0 Å². The Bertz CT molecular complexity index is 891. The van der Waals surface area contributed by atoms with Gasteiger partial charge >= 0.3 is 0 Å². The highest BCUT2D eigenvalue weighted by molar-refractivity contribution is 14.0. The Labute approximate surface area is 203 Å². The van der Waals surface area contributed by atoms with Crippen LogP contribution in [0, 0.1) is 0 Å². The molecule has 0 bridgehead atoms. The molecule has 0 heterocycles. The van der Waals surface area contributed by atoms with E-state index in [0.29, 0.717) is 19.1 Å². The van der Waals surface area contributed by atoms with Crippen molar-refractivity contribution in [3.8, 4) is 0 Å². The summed E-state index contributed by atoms with van der Waals surface area (Å²) in [4.78, 5) is 4.84. The van der Waals surface area contributed by atoms with Crippen LogP contribution in [0.15, 0.2) is 64.5 Å². The Balaban J connectivity index is 0.00000480. The predicted molar refractivity (Wildman–Crippen MR) is 137 cm³/mol. The van der Waals surface area contributed by atoms with Crippen molar-refractivity contribution in [2.45, 2.75) is 31.2 Å². The number of guanidine groups is 1. The van der Waals surface area contributed by atoms with Gasteiger partial charge in [-0.15, -0.1) is 24.0 Å². The van der Waals surface area contributed by atoms with Crippen molar-refractivity contribution < 1.29 is 13.2 Å². The topological polar surface area (TPSA) is 91.8 Å². The first-order valence-electron chi connectivity index (χ1n) is 10.1. The van der Waals surface area contributed by atoms with Gasteiger partial charge in [-0.25, -0.2) is 18.1 Å². The van der Waals surface area contributed by atoms with E-state index < -0.39 is 10.0 Å². The molecular weight excluding hydrogens is 527 g/mol. The average Bonchev–Trinajstić information content (AvgIpc) is 2.76. The second kappa shape index (κ2) is 14.4. The molecule has 1 unspecified atom stereocenters. The number of hydrogen-bond donors (Lipinski definition) is 3. The highest BCUT2D eigenvalue weighted by atomic mass is 127. The van der Waals surface area contributed by atoms with Gasteiger partial charge in [0.05, 0.1) is 18.0 Å². The van der Waals surface area contributed by atoms with E-state index >= 15 is 0 Å². The summed E-state index contributed by atoms with van der Waals surface area (Å²) < 4.78 is 31.8. The number of nitrogens with one attached hydrogen (secondary N) is 3. The van der Waals surface area contributed by atoms with Crippen LogP contribution in [0.5, 0.6) is 0 Å². The van der Waals surface area contributed by atoms with Gasteiger partial charge in [0, 0.05) is 26.7 Å². The zero-order valence-corrected chi connectivity index (χ0v) is 21.4. The van der Waals surface area contributed by atoms with Crippen molar-refractivity contribution >= 4 is 40.0 Å². The van der Waals surface area contributed by atoms with E-state index in [1.54, 1.807) is 24.3 Å². The van der Waals surface area contributed by atoms with E-state index in [0.717, 1.165) is 24.6 Å². The molecule has 172 valence electrons. The van der Waals surface area contributed by atoms with Crippen molar-refractivity contribution in [3.05, 3.63) is 65.7 Å². The Morgan fingerprint density at radius 3 is 2.35 bits per heavy atom. The number of halogens is 1. The third-order valence-electron chi connectivity index (χ3n) is 4.54. The summed E-state index contributed by atoms with van der Waals surface area (Å²) in [6.45, 7) is 6.74. The Kier molecular flexibility index (Phi) is 12.7. The number of hydrogen-bond acceptors (Lipinski definition) is 4. The lowest BCUT2D eigenvalue weighted by Crippen LogP contribution is -2.39. The van der Waals surface area contributed by atoms with E-state index in [9.17, 15) is 8.42 Å². The molecule has 0 aliphatic heterocycles. The van der Waals surface area contributed by atoms with Gasteiger partial charge in [0.25, 0.3) is 0 Å². The van der Waals surface area contributed by atoms with E-state index in [1.807, 2.05) is 25.1 Å². The first-order valence-corrected chi connectivity index (χ1v) is 11.6. The first-order chi connectivity index (χ1) is 14.5. The van der Waals surface area contributed by atoms with Crippen molar-refractivity contribution in [3.63, 3.8) is 0 Å². The molecule has 1 atom stereocenters. The van der Waals surface area contributed by atoms with Gasteiger partial charge < -0.3 is 15.4 Å². The second-order valence-electron chi connectivity index (χ2n) is 6.92. The number of aliphatic imine (C=N–C) groups is 1. The van der Waals surface area contributed by atoms with Crippen molar-refractivity contribution in [2.24, 2.45) is 4.99 Å². The summed E-state index contributed by atoms with van der Waals surface area (Å²) >= 11 is 0. The Morgan fingerprint density at radius 1 is 1.06 bits per heavy atom. The van der Waals surface area contributed by atoms with E-state index in [1.165, 1.54) is 12.7 Å². The molecule has 0 fully saturated rings. The molecule has 9 heteroatoms. The lowest BCUT2D eigenvalue weighted by atomic mass is 10.0. The van der Waals surface area contributed by atoms with Crippen molar-refractivity contribution in [2.75, 3.05) is 33.4 Å². The first kappa shape index (κ1) is 27.3. The lowest BCUT2D eigenvalue weighted by molar-refractivity contribution is 0.204. The lowest BCUT2D eigenvalue weighted by Gasteiger charge is -2.16. The van der Waals surface area contributed by atoms with Gasteiger partial charge in [0.15, 0.2) is 5.96 Å². The largest absolute Gasteiger partial charge is 0.383 e. The van der Waals surface area contributed by atoms with Crippen LogP contribution < -0.4 is 15.4 Å². The zero-order valence-electron chi connectivity index (χ0n) is 18.3. The van der Waals surface area contributed by atoms with Gasteiger partial charge in [-0.3, -0.25) is 0 Å². The van der Waals surface area contributed by atoms with Crippen LogP contribution in [-0.2, 0) is 21.3 Å². The molecule has 31 heavy (non-hydrogen) atoms. The zero-order chi connectivity index (χ0) is 21.8. The number of ether oxygens (including phenoxy) is 1. The van der Waals surface area contributed by atoms with Crippen molar-refractivity contribution in [1.82, 2.24) is 15.4 Å². The highest BCUT2D eigenvalue weighted by Gasteiger charge is 2.13.